The summed E-state index contributed by atoms with van der Waals surface area (Å²) in [4.78, 5) is 11.8. The lowest BCUT2D eigenvalue weighted by Crippen LogP contribution is -2.13. The molecule has 0 aromatic carbocycles. The summed E-state index contributed by atoms with van der Waals surface area (Å²) >= 11 is 0. The average molecular weight is 236 g/mol. The number of rotatable bonds is 4. The highest BCUT2D eigenvalue weighted by Crippen LogP contribution is 2.31. The Hall–Kier alpha value is -1.32. The molecule has 0 N–H and O–H groups in total. The third-order valence-electron chi connectivity index (χ3n) is 3.40. The number of carbonyl (C=O) groups excluding carboxylic acids is 1. The Morgan fingerprint density at radius 3 is 2.76 bits per heavy atom. The van der Waals surface area contributed by atoms with Crippen molar-refractivity contribution in [3.63, 3.8) is 0 Å². The average Bonchev–Trinajstić information content (AvgIpc) is 2.97. The van der Waals surface area contributed by atoms with Crippen molar-refractivity contribution in [1.82, 2.24) is 9.78 Å². The van der Waals surface area contributed by atoms with Gasteiger partial charge in [-0.25, -0.2) is 4.79 Å². The zero-order chi connectivity index (χ0) is 12.3. The van der Waals surface area contributed by atoms with Gasteiger partial charge in [0.2, 0.25) is 0 Å². The van der Waals surface area contributed by atoms with Crippen LogP contribution in [0.15, 0.2) is 6.20 Å². The van der Waals surface area contributed by atoms with E-state index in [9.17, 15) is 4.79 Å². The van der Waals surface area contributed by atoms with Gasteiger partial charge in [-0.3, -0.25) is 4.68 Å². The summed E-state index contributed by atoms with van der Waals surface area (Å²) in [5, 5.41) is 4.39. The normalized spacial score (nSPS) is 16.4. The van der Waals surface area contributed by atoms with Gasteiger partial charge in [-0.15, -0.1) is 0 Å². The molecule has 4 nitrogen and oxygen atoms in total. The highest BCUT2D eigenvalue weighted by Gasteiger charge is 2.24. The molecule has 1 fully saturated rings. The van der Waals surface area contributed by atoms with Crippen LogP contribution in [-0.4, -0.2) is 22.4 Å². The first-order valence-corrected chi connectivity index (χ1v) is 6.51. The maximum Gasteiger partial charge on any atom is 0.341 e. The number of ether oxygens (including phenoxy) is 1. The summed E-state index contributed by atoms with van der Waals surface area (Å²) in [7, 11) is 0. The molecule has 0 amide bonds. The van der Waals surface area contributed by atoms with Crippen LogP contribution < -0.4 is 0 Å². The molecule has 4 heteroatoms. The summed E-state index contributed by atoms with van der Waals surface area (Å²) < 4.78 is 7.10. The molecule has 1 aromatic rings. The van der Waals surface area contributed by atoms with Gasteiger partial charge in [0.15, 0.2) is 0 Å². The number of nitrogens with zero attached hydrogens (tertiary/aromatic N) is 2. The molecule has 0 unspecified atom stereocenters. The number of aromatic nitrogens is 2. The van der Waals surface area contributed by atoms with Crippen molar-refractivity contribution in [2.45, 2.75) is 52.0 Å². The molecule has 1 saturated carbocycles. The van der Waals surface area contributed by atoms with Gasteiger partial charge in [-0.1, -0.05) is 19.8 Å². The fourth-order valence-electron chi connectivity index (χ4n) is 2.58. The van der Waals surface area contributed by atoms with E-state index in [1.165, 1.54) is 25.7 Å². The zero-order valence-electron chi connectivity index (χ0n) is 10.6. The fourth-order valence-corrected chi connectivity index (χ4v) is 2.58. The maximum atomic E-state index is 11.8. The number of hydrogen-bond donors (Lipinski definition) is 0. The zero-order valence-corrected chi connectivity index (χ0v) is 10.6. The van der Waals surface area contributed by atoms with E-state index in [2.05, 4.69) is 12.0 Å². The molecule has 0 atom stereocenters. The summed E-state index contributed by atoms with van der Waals surface area (Å²) in [6, 6.07) is 0.480. The van der Waals surface area contributed by atoms with E-state index in [1.807, 2.05) is 11.6 Å². The van der Waals surface area contributed by atoms with Gasteiger partial charge in [-0.05, 0) is 26.2 Å². The first-order chi connectivity index (χ1) is 8.27. The SMILES string of the molecule is CCOC(=O)c1cnn(C2CCCC2)c1CC. The standard InChI is InChI=1S/C13H20N2O2/c1-3-12-11(13(16)17-4-2)9-14-15(12)10-7-5-6-8-10/h9-10H,3-8H2,1-2H3. The monoisotopic (exact) mass is 236 g/mol. The van der Waals surface area contributed by atoms with E-state index < -0.39 is 0 Å². The minimum Gasteiger partial charge on any atom is -0.462 e. The molecule has 0 radical (unpaired) electrons. The molecule has 1 heterocycles. The van der Waals surface area contributed by atoms with Crippen molar-refractivity contribution < 1.29 is 9.53 Å². The van der Waals surface area contributed by atoms with Gasteiger partial charge in [0.25, 0.3) is 0 Å². The molecule has 94 valence electrons. The second-order valence-electron chi connectivity index (χ2n) is 4.46. The van der Waals surface area contributed by atoms with Crippen LogP contribution in [0.25, 0.3) is 0 Å². The molecule has 0 aliphatic heterocycles. The van der Waals surface area contributed by atoms with Crippen molar-refractivity contribution >= 4 is 5.97 Å². The van der Waals surface area contributed by atoms with Crippen LogP contribution in [-0.2, 0) is 11.2 Å². The van der Waals surface area contributed by atoms with Crippen LogP contribution in [0, 0.1) is 0 Å². The topological polar surface area (TPSA) is 44.1 Å². The second kappa shape index (κ2) is 5.34. The summed E-state index contributed by atoms with van der Waals surface area (Å²) in [6.45, 7) is 4.30. The molecular formula is C13H20N2O2. The lowest BCUT2D eigenvalue weighted by molar-refractivity contribution is 0.0525. The Labute approximate surface area is 102 Å². The number of carbonyl (C=O) groups is 1. The van der Waals surface area contributed by atoms with Gasteiger partial charge in [0.05, 0.1) is 24.5 Å². The second-order valence-corrected chi connectivity index (χ2v) is 4.46. The lowest BCUT2D eigenvalue weighted by Gasteiger charge is -2.14. The van der Waals surface area contributed by atoms with E-state index >= 15 is 0 Å². The minimum absolute atomic E-state index is 0.242. The van der Waals surface area contributed by atoms with Crippen molar-refractivity contribution in [3.05, 3.63) is 17.5 Å². The third kappa shape index (κ3) is 2.35. The first-order valence-electron chi connectivity index (χ1n) is 6.51. The first kappa shape index (κ1) is 12.1. The van der Waals surface area contributed by atoms with Crippen LogP contribution >= 0.6 is 0 Å². The molecule has 1 aliphatic carbocycles. The molecule has 0 spiro atoms. The Morgan fingerprint density at radius 2 is 2.18 bits per heavy atom. The smallest absolute Gasteiger partial charge is 0.341 e. The summed E-state index contributed by atoms with van der Waals surface area (Å²) in [6.07, 6.45) is 7.37. The van der Waals surface area contributed by atoms with Crippen molar-refractivity contribution in [1.29, 1.82) is 0 Å². The Bertz CT molecular complexity index is 392. The Morgan fingerprint density at radius 1 is 1.47 bits per heavy atom. The van der Waals surface area contributed by atoms with E-state index in [-0.39, 0.29) is 5.97 Å². The summed E-state index contributed by atoms with van der Waals surface area (Å²) in [5.74, 6) is -0.242. The molecule has 0 bridgehead atoms. The van der Waals surface area contributed by atoms with E-state index in [4.69, 9.17) is 4.74 Å². The molecule has 17 heavy (non-hydrogen) atoms. The fraction of sp³-hybridized carbons (Fsp3) is 0.692. The van der Waals surface area contributed by atoms with Crippen molar-refractivity contribution in [3.8, 4) is 0 Å². The predicted octanol–water partition coefficient (Wildman–Crippen LogP) is 2.74. The van der Waals surface area contributed by atoms with Crippen LogP contribution in [0.1, 0.15) is 61.6 Å². The van der Waals surface area contributed by atoms with Gasteiger partial charge in [0, 0.05) is 0 Å². The van der Waals surface area contributed by atoms with E-state index in [0.717, 1.165) is 12.1 Å². The highest BCUT2D eigenvalue weighted by atomic mass is 16.5. The lowest BCUT2D eigenvalue weighted by atomic mass is 10.2. The van der Waals surface area contributed by atoms with Gasteiger partial charge in [-0.2, -0.15) is 5.10 Å². The third-order valence-corrected chi connectivity index (χ3v) is 3.40. The van der Waals surface area contributed by atoms with E-state index in [0.29, 0.717) is 18.2 Å². The predicted molar refractivity (Wildman–Crippen MR) is 65.1 cm³/mol. The largest absolute Gasteiger partial charge is 0.462 e. The van der Waals surface area contributed by atoms with Crippen LogP contribution in [0.4, 0.5) is 0 Å². The van der Waals surface area contributed by atoms with Crippen LogP contribution in [0.3, 0.4) is 0 Å². The molecule has 0 saturated heterocycles. The maximum absolute atomic E-state index is 11.8. The highest BCUT2D eigenvalue weighted by molar-refractivity contribution is 5.90. The summed E-state index contributed by atoms with van der Waals surface area (Å²) in [5.41, 5.74) is 1.66. The molecular weight excluding hydrogens is 216 g/mol. The number of hydrogen-bond acceptors (Lipinski definition) is 3. The molecule has 2 rings (SSSR count). The Balaban J connectivity index is 2.25. The Kier molecular flexibility index (Phi) is 3.82. The quantitative estimate of drug-likeness (QED) is 0.755. The van der Waals surface area contributed by atoms with Gasteiger partial charge < -0.3 is 4.74 Å². The van der Waals surface area contributed by atoms with Crippen molar-refractivity contribution in [2.75, 3.05) is 6.61 Å². The number of esters is 1. The van der Waals surface area contributed by atoms with E-state index in [1.54, 1.807) is 6.20 Å². The molecule has 1 aromatic heterocycles. The molecule has 1 aliphatic rings. The van der Waals surface area contributed by atoms with Crippen LogP contribution in [0.5, 0.6) is 0 Å². The minimum atomic E-state index is -0.242. The van der Waals surface area contributed by atoms with Gasteiger partial charge in [0.1, 0.15) is 5.56 Å². The van der Waals surface area contributed by atoms with Crippen molar-refractivity contribution in [2.24, 2.45) is 0 Å². The van der Waals surface area contributed by atoms with Gasteiger partial charge >= 0.3 is 5.97 Å². The van der Waals surface area contributed by atoms with Crippen LogP contribution in [0.2, 0.25) is 0 Å².